The maximum Gasteiger partial charge on any atom is 4.00 e. The molecule has 0 aromatic rings. The molecule has 0 spiro atoms. The van der Waals surface area contributed by atoms with E-state index in [9.17, 15) is 49.5 Å². The van der Waals surface area contributed by atoms with Gasteiger partial charge in [-0.2, -0.15) is 0 Å². The molecule has 0 saturated heterocycles. The Hall–Kier alpha value is -2.82. The first-order valence-electron chi connectivity index (χ1n) is 17.3. The molecule has 0 aliphatic heterocycles. The summed E-state index contributed by atoms with van der Waals surface area (Å²) < 4.78 is 0. The van der Waals surface area contributed by atoms with Crippen LogP contribution >= 0.6 is 0 Å². The second kappa shape index (κ2) is 41.0. The second-order valence-electron chi connectivity index (χ2n) is 12.5. The number of rotatable bonds is 25. The van der Waals surface area contributed by atoms with E-state index in [1.807, 2.05) is 0 Å². The Bertz CT molecular complexity index is 1090. The number of carbonyl (C=O) groups excluding carboxylic acids is 5. The Kier molecular flexibility index (Phi) is 48.0. The number of quaternary nitrogens is 1. The molecule has 0 aromatic carbocycles. The van der Waals surface area contributed by atoms with Crippen LogP contribution in [0.25, 0.3) is 0 Å². The first-order chi connectivity index (χ1) is 29.6. The van der Waals surface area contributed by atoms with E-state index < -0.39 is 185 Å². The van der Waals surface area contributed by atoms with Gasteiger partial charge in [-0.3, -0.25) is 0 Å². The molecule has 0 aliphatic carbocycles. The summed E-state index contributed by atoms with van der Waals surface area (Å²) in [4.78, 5) is 49.9. The molecule has 0 aromatic heterocycles. The monoisotopic (exact) mass is 1170 g/mol. The standard InChI is InChI=1S/5C6H12O7.Hf.H3N/c5*7-1-2(8)3(9)4(10)5(11)6(12)13;;/h5*2-5,7-11H,1H2,(H,12,13);;1H3/q;;;;;+4;/p-4/t5*2-,3-,4+,5-;;/m11111../s1. The van der Waals surface area contributed by atoms with Crippen molar-refractivity contribution in [3.63, 3.8) is 0 Å². The Labute approximate surface area is 393 Å². The number of carboxylic acids is 5. The van der Waals surface area contributed by atoms with Crippen LogP contribution in [0.4, 0.5) is 0 Å². The fraction of sp³-hybridized carbons (Fsp3) is 0.833. The zero-order valence-electron chi connectivity index (χ0n) is 34.3. The smallest absolute Gasteiger partial charge is 0.547 e. The van der Waals surface area contributed by atoms with E-state index in [0.717, 1.165) is 0 Å². The zero-order valence-corrected chi connectivity index (χ0v) is 37.9. The van der Waals surface area contributed by atoms with Crippen molar-refractivity contribution in [1.82, 2.24) is 6.15 Å². The Morgan fingerprint density at radius 3 is 0.403 bits per heavy atom. The summed E-state index contributed by atoms with van der Waals surface area (Å²) in [5.74, 6) is -9.88. The van der Waals surface area contributed by atoms with Crippen molar-refractivity contribution in [2.45, 2.75) is 122 Å². The van der Waals surface area contributed by atoms with Crippen LogP contribution < -0.4 is 31.7 Å². The fourth-order valence-corrected chi connectivity index (χ4v) is 3.31. The number of aliphatic carboxylic acids is 5. The molecule has 20 atom stereocenters. The number of hydrogen-bond acceptors (Lipinski definition) is 35. The van der Waals surface area contributed by atoms with Crippen molar-refractivity contribution in [1.29, 1.82) is 0 Å². The van der Waals surface area contributed by atoms with E-state index in [0.29, 0.717) is 0 Å². The molecule has 398 valence electrons. The van der Waals surface area contributed by atoms with Gasteiger partial charge < -0.3 is 183 Å². The average Bonchev–Trinajstić information content (AvgIpc) is 3.28. The van der Waals surface area contributed by atoms with Gasteiger partial charge in [0, 0.05) is 0 Å². The van der Waals surface area contributed by atoms with Crippen molar-refractivity contribution >= 4 is 29.8 Å². The van der Waals surface area contributed by atoms with Crippen molar-refractivity contribution in [3.05, 3.63) is 0 Å². The largest absolute Gasteiger partial charge is 4.00 e. The van der Waals surface area contributed by atoms with Gasteiger partial charge in [0.05, 0.1) is 62.9 Å². The molecule has 0 fully saturated rings. The summed E-state index contributed by atoms with van der Waals surface area (Å²) >= 11 is 0. The van der Waals surface area contributed by atoms with Gasteiger partial charge in [0.15, 0.2) is 0 Å². The van der Waals surface area contributed by atoms with Gasteiger partial charge in [-0.25, -0.2) is 0 Å². The molecule has 0 radical (unpaired) electrons. The maximum absolute atomic E-state index is 9.98. The predicted octanol–water partition coefficient (Wildman–Crippen LogP) is -23.8. The zero-order chi connectivity index (χ0) is 53.0. The first-order valence-corrected chi connectivity index (χ1v) is 17.3. The molecule has 0 heterocycles. The van der Waals surface area contributed by atoms with Crippen molar-refractivity contribution in [2.24, 2.45) is 0 Å². The quantitative estimate of drug-likeness (QED) is 0.0378. The minimum atomic E-state index is -2.31. The molecule has 0 aliphatic rings. The molecule has 0 rings (SSSR count). The van der Waals surface area contributed by atoms with Crippen LogP contribution in [0.5, 0.6) is 0 Å². The second-order valence-corrected chi connectivity index (χ2v) is 12.5. The van der Waals surface area contributed by atoms with Gasteiger partial charge in [-0.05, 0) is 0 Å². The third-order valence-corrected chi connectivity index (χ3v) is 7.48. The van der Waals surface area contributed by atoms with E-state index in [1.54, 1.807) is 0 Å². The number of carbonyl (C=O) groups is 5. The number of aliphatic hydroxyl groups excluding tert-OH is 25. The first kappa shape index (κ1) is 78.4. The van der Waals surface area contributed by atoms with Crippen molar-refractivity contribution < 1.29 is 203 Å². The Morgan fingerprint density at radius 1 is 0.254 bits per heavy atom. The van der Waals surface area contributed by atoms with Crippen LogP contribution in [0.15, 0.2) is 0 Å². The summed E-state index contributed by atoms with van der Waals surface area (Å²) in [5, 5.41) is 267. The maximum atomic E-state index is 9.98. The van der Waals surface area contributed by atoms with Gasteiger partial charge in [0.2, 0.25) is 0 Å². The van der Waals surface area contributed by atoms with Crippen molar-refractivity contribution in [2.75, 3.05) is 33.0 Å². The van der Waals surface area contributed by atoms with E-state index in [4.69, 9.17) is 128 Å². The minimum absolute atomic E-state index is 0. The van der Waals surface area contributed by atoms with Crippen LogP contribution in [-0.2, 0) is 49.8 Å². The number of hydrogen-bond donors (Lipinski definition) is 26. The summed E-state index contributed by atoms with van der Waals surface area (Å²) in [6.07, 6.45) is -40.4. The van der Waals surface area contributed by atoms with Crippen molar-refractivity contribution in [3.8, 4) is 0 Å². The molecule has 37 heteroatoms. The van der Waals surface area contributed by atoms with Crippen LogP contribution in [0.3, 0.4) is 0 Å². The third kappa shape index (κ3) is 31.1. The van der Waals surface area contributed by atoms with Crippen LogP contribution in [-0.4, -0.2) is 313 Å². The van der Waals surface area contributed by atoms with Crippen LogP contribution in [0.1, 0.15) is 0 Å². The van der Waals surface area contributed by atoms with Gasteiger partial charge >= 0.3 is 25.8 Å². The third-order valence-electron chi connectivity index (χ3n) is 7.48. The van der Waals surface area contributed by atoms with E-state index in [2.05, 4.69) is 0 Å². The summed E-state index contributed by atoms with van der Waals surface area (Å²) in [6.45, 7) is -4.32. The summed E-state index contributed by atoms with van der Waals surface area (Å²) in [6, 6.07) is 0. The summed E-state index contributed by atoms with van der Waals surface area (Å²) in [5.41, 5.74) is 0. The molecule has 67 heavy (non-hydrogen) atoms. The predicted molar refractivity (Wildman–Crippen MR) is 187 cm³/mol. The van der Waals surface area contributed by atoms with E-state index in [-0.39, 0.29) is 32.0 Å². The number of carboxylic acid groups (broad SMARTS) is 5. The van der Waals surface area contributed by atoms with E-state index >= 15 is 0 Å². The molecule has 0 unspecified atom stereocenters. The van der Waals surface area contributed by atoms with Gasteiger partial charge in [-0.15, -0.1) is 0 Å². The van der Waals surface area contributed by atoms with Gasteiger partial charge in [-0.1, -0.05) is 0 Å². The van der Waals surface area contributed by atoms with Gasteiger partial charge in [0.25, 0.3) is 0 Å². The molecule has 0 saturated carbocycles. The molecule has 0 bridgehead atoms. The Morgan fingerprint density at radius 2 is 0.343 bits per heavy atom. The molecule has 29 N–H and O–H groups in total. The molecule has 36 nitrogen and oxygen atoms in total. The SMILES string of the molecule is O=C([O-])[C@H](O)[C@@H](O)[C@H](O)[C@H](O)CO.O=C([O-])[C@H](O)[C@@H](O)[C@H](O)[C@H](O)CO.O=C([O-])[C@H](O)[C@@H](O)[C@H](O)[C@H](O)CO.O=C([O-])[C@H](O)[C@@H](O)[C@H](O)[C@H](O)CO.O=C([O-])[C@H](O)[C@@H](O)[C@H](O)[C@H](O)CO.[Hf+4].[NH4+]. The number of aliphatic hydroxyl groups is 25. The van der Waals surface area contributed by atoms with Crippen LogP contribution in [0, 0.1) is 0 Å². The Balaban J connectivity index is -0.000000133. The van der Waals surface area contributed by atoms with E-state index in [1.165, 1.54) is 0 Å². The summed E-state index contributed by atoms with van der Waals surface area (Å²) in [7, 11) is 0. The molecular weight excluding hydrogens is 1110 g/mol. The normalized spacial score (nSPS) is 19.8. The molecule has 0 amide bonds. The average molecular weight is 1170 g/mol. The topological polar surface area (TPSA) is 743 Å². The van der Waals surface area contributed by atoms with Crippen LogP contribution in [0.2, 0.25) is 0 Å². The molecular formula is C30H59HfNO35. The minimum Gasteiger partial charge on any atom is -0.547 e. The van der Waals surface area contributed by atoms with Gasteiger partial charge in [0.1, 0.15) is 122 Å². The fourth-order valence-electron chi connectivity index (χ4n) is 3.31.